The van der Waals surface area contributed by atoms with Crippen LogP contribution in [0.3, 0.4) is 0 Å². The van der Waals surface area contributed by atoms with Crippen LogP contribution in [-0.4, -0.2) is 30.4 Å². The van der Waals surface area contributed by atoms with E-state index in [1.54, 1.807) is 30.1 Å². The number of rotatable bonds is 4. The van der Waals surface area contributed by atoms with Crippen molar-refractivity contribution in [2.24, 2.45) is 11.7 Å². The van der Waals surface area contributed by atoms with Crippen molar-refractivity contribution in [1.82, 2.24) is 4.90 Å². The molecule has 5 heteroatoms. The summed E-state index contributed by atoms with van der Waals surface area (Å²) >= 11 is 12.0. The first-order chi connectivity index (χ1) is 8.56. The second-order valence-electron chi connectivity index (χ2n) is 4.66. The maximum Gasteiger partial charge on any atom is 0.255 e. The van der Waals surface area contributed by atoms with E-state index in [4.69, 9.17) is 28.9 Å². The highest BCUT2D eigenvalue weighted by Gasteiger charge is 2.35. The van der Waals surface area contributed by atoms with Crippen LogP contribution in [0, 0.1) is 5.92 Å². The van der Waals surface area contributed by atoms with Crippen LogP contribution < -0.4 is 5.73 Å². The van der Waals surface area contributed by atoms with Gasteiger partial charge in [-0.05, 0) is 30.9 Å². The smallest absolute Gasteiger partial charge is 0.255 e. The molecule has 0 saturated heterocycles. The summed E-state index contributed by atoms with van der Waals surface area (Å²) in [5.74, 6) is 0.409. The lowest BCUT2D eigenvalue weighted by Gasteiger charge is -2.27. The maximum atomic E-state index is 12.4. The Morgan fingerprint density at radius 2 is 2.17 bits per heavy atom. The van der Waals surface area contributed by atoms with Crippen molar-refractivity contribution in [2.75, 3.05) is 13.6 Å². The number of hydrogen-bond donors (Lipinski definition) is 1. The highest BCUT2D eigenvalue weighted by molar-refractivity contribution is 6.43. The molecular weight excluding hydrogens is 271 g/mol. The molecule has 18 heavy (non-hydrogen) atoms. The molecular formula is C13H16Cl2N2O. The van der Waals surface area contributed by atoms with Gasteiger partial charge in [0.05, 0.1) is 15.6 Å². The first kappa shape index (κ1) is 13.7. The lowest BCUT2D eigenvalue weighted by atomic mass is 10.1. The Bertz CT molecular complexity index is 460. The van der Waals surface area contributed by atoms with E-state index in [1.165, 1.54) is 0 Å². The predicted molar refractivity (Wildman–Crippen MR) is 74.1 cm³/mol. The Morgan fingerprint density at radius 1 is 1.50 bits per heavy atom. The van der Waals surface area contributed by atoms with Crippen LogP contribution in [0.1, 0.15) is 23.2 Å². The summed E-state index contributed by atoms with van der Waals surface area (Å²) in [7, 11) is 1.77. The molecule has 2 rings (SSSR count). The largest absolute Gasteiger partial charge is 0.337 e. The van der Waals surface area contributed by atoms with Gasteiger partial charge in [-0.3, -0.25) is 4.79 Å². The Balaban J connectivity index is 2.22. The minimum absolute atomic E-state index is 0.0903. The van der Waals surface area contributed by atoms with Gasteiger partial charge in [-0.15, -0.1) is 0 Å². The van der Waals surface area contributed by atoms with Gasteiger partial charge >= 0.3 is 0 Å². The summed E-state index contributed by atoms with van der Waals surface area (Å²) in [5, 5.41) is 0.703. The number of hydrogen-bond acceptors (Lipinski definition) is 2. The predicted octanol–water partition coefficient (Wildman–Crippen LogP) is 2.80. The zero-order valence-corrected chi connectivity index (χ0v) is 11.7. The lowest BCUT2D eigenvalue weighted by Crippen LogP contribution is -2.43. The molecule has 1 unspecified atom stereocenters. The molecule has 1 atom stereocenters. The molecule has 1 aromatic rings. The van der Waals surface area contributed by atoms with E-state index in [9.17, 15) is 4.79 Å². The molecule has 0 heterocycles. The van der Waals surface area contributed by atoms with Gasteiger partial charge in [0.1, 0.15) is 0 Å². The first-order valence-electron chi connectivity index (χ1n) is 5.97. The highest BCUT2D eigenvalue weighted by atomic mass is 35.5. The number of benzene rings is 1. The molecule has 0 spiro atoms. The second-order valence-corrected chi connectivity index (χ2v) is 5.44. The Kier molecular flexibility index (Phi) is 4.15. The lowest BCUT2D eigenvalue weighted by molar-refractivity contribution is 0.0719. The molecule has 2 N–H and O–H groups in total. The number of halogens is 2. The van der Waals surface area contributed by atoms with Crippen LogP contribution in [0.5, 0.6) is 0 Å². The van der Waals surface area contributed by atoms with Crippen molar-refractivity contribution in [2.45, 2.75) is 18.9 Å². The Hall–Kier alpha value is -0.770. The number of carbonyl (C=O) groups excluding carboxylic acids is 1. The van der Waals surface area contributed by atoms with Crippen molar-refractivity contribution >= 4 is 29.1 Å². The van der Waals surface area contributed by atoms with Crippen molar-refractivity contribution in [3.05, 3.63) is 33.8 Å². The number of nitrogens with zero attached hydrogens (tertiary/aromatic N) is 1. The zero-order chi connectivity index (χ0) is 13.3. The van der Waals surface area contributed by atoms with Crippen LogP contribution in [0.2, 0.25) is 10.0 Å². The molecule has 1 amide bonds. The van der Waals surface area contributed by atoms with Crippen molar-refractivity contribution in [3.8, 4) is 0 Å². The third-order valence-corrected chi connectivity index (χ3v) is 4.23. The molecule has 3 nitrogen and oxygen atoms in total. The standard InChI is InChI=1S/C13H16Cl2N2O/c1-17(11(7-16)8-5-6-8)13(18)9-3-2-4-10(14)12(9)15/h2-4,8,11H,5-7,16H2,1H3. The first-order valence-corrected chi connectivity index (χ1v) is 6.73. The second kappa shape index (κ2) is 5.47. The topological polar surface area (TPSA) is 46.3 Å². The van der Waals surface area contributed by atoms with E-state index in [2.05, 4.69) is 0 Å². The molecule has 0 bridgehead atoms. The maximum absolute atomic E-state index is 12.4. The SMILES string of the molecule is CN(C(=O)c1cccc(Cl)c1Cl)C(CN)C1CC1. The van der Waals surface area contributed by atoms with Gasteiger partial charge < -0.3 is 10.6 Å². The van der Waals surface area contributed by atoms with E-state index in [0.29, 0.717) is 28.1 Å². The zero-order valence-electron chi connectivity index (χ0n) is 10.2. The highest BCUT2D eigenvalue weighted by Crippen LogP contribution is 2.35. The van der Waals surface area contributed by atoms with Crippen LogP contribution in [0.15, 0.2) is 18.2 Å². The summed E-state index contributed by atoms with van der Waals surface area (Å²) < 4.78 is 0. The summed E-state index contributed by atoms with van der Waals surface area (Å²) in [6.45, 7) is 0.477. The monoisotopic (exact) mass is 286 g/mol. The van der Waals surface area contributed by atoms with Crippen LogP contribution in [-0.2, 0) is 0 Å². The van der Waals surface area contributed by atoms with Gasteiger partial charge in [0.2, 0.25) is 0 Å². The van der Waals surface area contributed by atoms with E-state index >= 15 is 0 Å². The fraction of sp³-hybridized carbons (Fsp3) is 0.462. The average molecular weight is 287 g/mol. The number of amides is 1. The Morgan fingerprint density at radius 3 is 2.72 bits per heavy atom. The minimum Gasteiger partial charge on any atom is -0.337 e. The van der Waals surface area contributed by atoms with Gasteiger partial charge in [-0.25, -0.2) is 0 Å². The van der Waals surface area contributed by atoms with Crippen molar-refractivity contribution < 1.29 is 4.79 Å². The van der Waals surface area contributed by atoms with Gasteiger partial charge in [0, 0.05) is 19.6 Å². The Labute approximate surface area is 117 Å². The number of likely N-dealkylation sites (N-methyl/N-ethyl adjacent to an activating group) is 1. The summed E-state index contributed by atoms with van der Waals surface area (Å²) in [5.41, 5.74) is 6.18. The van der Waals surface area contributed by atoms with Crippen LogP contribution >= 0.6 is 23.2 Å². The van der Waals surface area contributed by atoms with E-state index in [-0.39, 0.29) is 11.9 Å². The average Bonchev–Trinajstić information content (AvgIpc) is 3.17. The van der Waals surface area contributed by atoms with Gasteiger partial charge in [-0.1, -0.05) is 29.3 Å². The van der Waals surface area contributed by atoms with E-state index in [0.717, 1.165) is 12.8 Å². The summed E-state index contributed by atoms with van der Waals surface area (Å²) in [6.07, 6.45) is 2.28. The van der Waals surface area contributed by atoms with Gasteiger partial charge in [0.15, 0.2) is 0 Å². The molecule has 1 aliphatic carbocycles. The number of nitrogens with two attached hydrogens (primary N) is 1. The molecule has 0 aliphatic heterocycles. The van der Waals surface area contributed by atoms with Crippen molar-refractivity contribution in [3.63, 3.8) is 0 Å². The molecule has 98 valence electrons. The molecule has 1 saturated carbocycles. The normalized spacial score (nSPS) is 16.4. The fourth-order valence-corrected chi connectivity index (χ4v) is 2.54. The van der Waals surface area contributed by atoms with Gasteiger partial charge in [0.25, 0.3) is 5.91 Å². The third kappa shape index (κ3) is 2.63. The van der Waals surface area contributed by atoms with E-state index < -0.39 is 0 Å². The summed E-state index contributed by atoms with van der Waals surface area (Å²) in [4.78, 5) is 14.1. The summed E-state index contributed by atoms with van der Waals surface area (Å²) in [6, 6.07) is 5.17. The molecule has 0 aromatic heterocycles. The van der Waals surface area contributed by atoms with Crippen LogP contribution in [0.4, 0.5) is 0 Å². The van der Waals surface area contributed by atoms with Gasteiger partial charge in [-0.2, -0.15) is 0 Å². The van der Waals surface area contributed by atoms with E-state index in [1.807, 2.05) is 0 Å². The molecule has 1 aromatic carbocycles. The fourth-order valence-electron chi connectivity index (χ4n) is 2.16. The quantitative estimate of drug-likeness (QED) is 0.925. The molecule has 1 aliphatic rings. The number of carbonyl (C=O) groups is 1. The molecule has 1 fully saturated rings. The molecule has 0 radical (unpaired) electrons. The van der Waals surface area contributed by atoms with Crippen molar-refractivity contribution in [1.29, 1.82) is 0 Å². The minimum atomic E-state index is -0.121. The third-order valence-electron chi connectivity index (χ3n) is 3.41. The van der Waals surface area contributed by atoms with Crippen LogP contribution in [0.25, 0.3) is 0 Å².